The van der Waals surface area contributed by atoms with Gasteiger partial charge in [0.2, 0.25) is 5.91 Å². The Labute approximate surface area is 134 Å². The Morgan fingerprint density at radius 2 is 1.83 bits per heavy atom. The summed E-state index contributed by atoms with van der Waals surface area (Å²) in [6, 6.07) is 5.09. The van der Waals surface area contributed by atoms with Crippen molar-refractivity contribution in [1.82, 2.24) is 0 Å². The molecule has 6 nitrogen and oxygen atoms in total. The van der Waals surface area contributed by atoms with Gasteiger partial charge in [-0.3, -0.25) is 9.59 Å². The van der Waals surface area contributed by atoms with E-state index in [1.54, 1.807) is 18.2 Å². The van der Waals surface area contributed by atoms with E-state index in [0.717, 1.165) is 6.42 Å². The Hall–Kier alpha value is -2.50. The largest absolute Gasteiger partial charge is 0.497 e. The van der Waals surface area contributed by atoms with Gasteiger partial charge in [0.1, 0.15) is 11.5 Å². The second-order valence-electron chi connectivity index (χ2n) is 5.89. The molecular weight excluding hydrogens is 298 g/mol. The molecule has 3 rings (SSSR count). The van der Waals surface area contributed by atoms with Crippen LogP contribution in [0.15, 0.2) is 30.4 Å². The van der Waals surface area contributed by atoms with Gasteiger partial charge in [-0.05, 0) is 30.4 Å². The molecule has 1 saturated carbocycles. The van der Waals surface area contributed by atoms with Gasteiger partial charge in [0.25, 0.3) is 0 Å². The number of hydrogen-bond donors (Lipinski definition) is 2. The minimum atomic E-state index is -0.917. The third-order valence-electron chi connectivity index (χ3n) is 4.71. The number of hydrogen-bond acceptors (Lipinski definition) is 4. The average Bonchev–Trinajstić information content (AvgIpc) is 3.15. The fraction of sp³-hybridized carbons (Fsp3) is 0.412. The monoisotopic (exact) mass is 317 g/mol. The molecule has 23 heavy (non-hydrogen) atoms. The van der Waals surface area contributed by atoms with Crippen LogP contribution >= 0.6 is 0 Å². The summed E-state index contributed by atoms with van der Waals surface area (Å²) in [6.07, 6.45) is 4.60. The minimum absolute atomic E-state index is 0.0160. The number of allylic oxidation sites excluding steroid dienone is 2. The van der Waals surface area contributed by atoms with Crippen LogP contribution in [-0.4, -0.2) is 31.2 Å². The maximum atomic E-state index is 12.7. The normalized spacial score (nSPS) is 27.7. The zero-order valence-corrected chi connectivity index (χ0v) is 13.0. The Balaban J connectivity index is 1.84. The lowest BCUT2D eigenvalue weighted by atomic mass is 9.82. The number of aliphatic carboxylic acids is 1. The first-order chi connectivity index (χ1) is 11.0. The number of rotatable bonds is 5. The summed E-state index contributed by atoms with van der Waals surface area (Å²) < 4.78 is 10.4. The van der Waals surface area contributed by atoms with Crippen molar-refractivity contribution in [2.24, 2.45) is 23.7 Å². The minimum Gasteiger partial charge on any atom is -0.497 e. The Bertz CT molecular complexity index is 669. The van der Waals surface area contributed by atoms with Crippen molar-refractivity contribution < 1.29 is 24.2 Å². The molecule has 6 heteroatoms. The van der Waals surface area contributed by atoms with E-state index >= 15 is 0 Å². The molecule has 2 aliphatic carbocycles. The van der Waals surface area contributed by atoms with E-state index in [0.29, 0.717) is 17.2 Å². The predicted octanol–water partition coefficient (Wildman–Crippen LogP) is 2.17. The Kier molecular flexibility index (Phi) is 3.98. The SMILES string of the molecule is COc1ccc(OC)c(NC(=O)[C@@H]2[C@@H](C(=O)O)[C@H]3C=C[C@H]2C3)c1. The molecule has 0 spiro atoms. The Morgan fingerprint density at radius 3 is 2.43 bits per heavy atom. The number of benzene rings is 1. The van der Waals surface area contributed by atoms with Gasteiger partial charge in [0.15, 0.2) is 0 Å². The number of carboxylic acids is 1. The van der Waals surface area contributed by atoms with Gasteiger partial charge in [-0.25, -0.2) is 0 Å². The van der Waals surface area contributed by atoms with E-state index in [9.17, 15) is 14.7 Å². The van der Waals surface area contributed by atoms with E-state index in [-0.39, 0.29) is 17.7 Å². The highest BCUT2D eigenvalue weighted by Crippen LogP contribution is 2.48. The zero-order valence-electron chi connectivity index (χ0n) is 13.0. The van der Waals surface area contributed by atoms with Gasteiger partial charge in [0, 0.05) is 6.07 Å². The first-order valence-electron chi connectivity index (χ1n) is 7.49. The third-order valence-corrected chi connectivity index (χ3v) is 4.71. The number of ether oxygens (including phenoxy) is 2. The van der Waals surface area contributed by atoms with Gasteiger partial charge < -0.3 is 19.9 Å². The summed E-state index contributed by atoms with van der Waals surface area (Å²) in [5.41, 5.74) is 0.479. The smallest absolute Gasteiger partial charge is 0.307 e. The molecule has 122 valence electrons. The molecule has 2 N–H and O–H groups in total. The summed E-state index contributed by atoms with van der Waals surface area (Å²) in [4.78, 5) is 24.2. The number of carbonyl (C=O) groups is 2. The van der Waals surface area contributed by atoms with Crippen molar-refractivity contribution in [3.05, 3.63) is 30.4 Å². The predicted molar refractivity (Wildman–Crippen MR) is 83.5 cm³/mol. The van der Waals surface area contributed by atoms with E-state index in [4.69, 9.17) is 9.47 Å². The highest BCUT2D eigenvalue weighted by molar-refractivity contribution is 5.97. The van der Waals surface area contributed by atoms with E-state index < -0.39 is 17.8 Å². The second kappa shape index (κ2) is 5.95. The molecule has 2 bridgehead atoms. The van der Waals surface area contributed by atoms with E-state index in [2.05, 4.69) is 5.32 Å². The molecule has 1 aromatic carbocycles. The topological polar surface area (TPSA) is 84.9 Å². The molecule has 4 atom stereocenters. The van der Waals surface area contributed by atoms with Crippen LogP contribution < -0.4 is 14.8 Å². The number of methoxy groups -OCH3 is 2. The van der Waals surface area contributed by atoms with Gasteiger partial charge in [-0.15, -0.1) is 0 Å². The summed E-state index contributed by atoms with van der Waals surface area (Å²) >= 11 is 0. The van der Waals surface area contributed by atoms with Crippen LogP contribution in [-0.2, 0) is 9.59 Å². The molecule has 2 aliphatic rings. The first-order valence-corrected chi connectivity index (χ1v) is 7.49. The van der Waals surface area contributed by atoms with E-state index in [1.807, 2.05) is 12.2 Å². The molecule has 1 aromatic rings. The molecule has 1 fully saturated rings. The van der Waals surface area contributed by atoms with Crippen molar-refractivity contribution in [1.29, 1.82) is 0 Å². The Morgan fingerprint density at radius 1 is 1.13 bits per heavy atom. The van der Waals surface area contributed by atoms with Crippen LogP contribution in [0, 0.1) is 23.7 Å². The van der Waals surface area contributed by atoms with Crippen molar-refractivity contribution in [2.75, 3.05) is 19.5 Å². The highest BCUT2D eigenvalue weighted by atomic mass is 16.5. The molecule has 0 radical (unpaired) electrons. The number of fused-ring (bicyclic) bond motifs is 2. The molecule has 0 heterocycles. The van der Waals surface area contributed by atoms with Gasteiger partial charge in [-0.1, -0.05) is 12.2 Å². The lowest BCUT2D eigenvalue weighted by molar-refractivity contribution is -0.146. The third kappa shape index (κ3) is 2.65. The number of carbonyl (C=O) groups excluding carboxylic acids is 1. The highest BCUT2D eigenvalue weighted by Gasteiger charge is 2.51. The van der Waals surface area contributed by atoms with Crippen LogP contribution in [0.2, 0.25) is 0 Å². The van der Waals surface area contributed by atoms with Crippen LogP contribution in [0.3, 0.4) is 0 Å². The maximum Gasteiger partial charge on any atom is 0.307 e. The van der Waals surface area contributed by atoms with E-state index in [1.165, 1.54) is 14.2 Å². The molecule has 0 saturated heterocycles. The standard InChI is InChI=1S/C17H19NO5/c1-22-11-5-6-13(23-2)12(8-11)18-16(19)14-9-3-4-10(7-9)15(14)17(20)21/h3-6,8-10,14-15H,7H2,1-2H3,(H,18,19)(H,20,21)/t9-,10-,14-,15-/m0/s1. The van der Waals surface area contributed by atoms with Crippen LogP contribution in [0.1, 0.15) is 6.42 Å². The molecule has 0 unspecified atom stereocenters. The number of carboxylic acid groups (broad SMARTS) is 1. The van der Waals surface area contributed by atoms with Crippen molar-refractivity contribution in [2.45, 2.75) is 6.42 Å². The number of nitrogens with one attached hydrogen (secondary N) is 1. The van der Waals surface area contributed by atoms with Gasteiger partial charge >= 0.3 is 5.97 Å². The molecule has 0 aromatic heterocycles. The fourth-order valence-electron chi connectivity index (χ4n) is 3.64. The van der Waals surface area contributed by atoms with Gasteiger partial charge in [-0.2, -0.15) is 0 Å². The van der Waals surface area contributed by atoms with Gasteiger partial charge in [0.05, 0.1) is 31.7 Å². The van der Waals surface area contributed by atoms with Crippen LogP contribution in [0.5, 0.6) is 11.5 Å². The summed E-state index contributed by atoms with van der Waals surface area (Å²) in [7, 11) is 3.05. The summed E-state index contributed by atoms with van der Waals surface area (Å²) in [6.45, 7) is 0. The lowest BCUT2D eigenvalue weighted by Gasteiger charge is -2.24. The second-order valence-corrected chi connectivity index (χ2v) is 5.89. The van der Waals surface area contributed by atoms with Crippen molar-refractivity contribution >= 4 is 17.6 Å². The summed E-state index contributed by atoms with van der Waals surface area (Å²) in [5.74, 6) is -1.41. The fourth-order valence-corrected chi connectivity index (χ4v) is 3.64. The number of amides is 1. The average molecular weight is 317 g/mol. The molecule has 0 aliphatic heterocycles. The molecule has 1 amide bonds. The number of anilines is 1. The van der Waals surface area contributed by atoms with Crippen molar-refractivity contribution in [3.8, 4) is 11.5 Å². The van der Waals surface area contributed by atoms with Crippen LogP contribution in [0.25, 0.3) is 0 Å². The lowest BCUT2D eigenvalue weighted by Crippen LogP contribution is -2.36. The maximum absolute atomic E-state index is 12.7. The van der Waals surface area contributed by atoms with Crippen molar-refractivity contribution in [3.63, 3.8) is 0 Å². The zero-order chi connectivity index (χ0) is 16.6. The quantitative estimate of drug-likeness (QED) is 0.813. The summed E-state index contributed by atoms with van der Waals surface area (Å²) in [5, 5.41) is 12.3. The first kappa shape index (κ1) is 15.4. The molecular formula is C17H19NO5. The van der Waals surface area contributed by atoms with Crippen LogP contribution in [0.4, 0.5) is 5.69 Å².